The van der Waals surface area contributed by atoms with Crippen LogP contribution in [-0.4, -0.2) is 35.1 Å². The Bertz CT molecular complexity index is 543. The SMILES string of the molecule is Cn1cc(S(=O)(=O)N2CCCCC2C#N)cn1. The normalized spacial score (nSPS) is 22.2. The highest BCUT2D eigenvalue weighted by Gasteiger charge is 2.34. The summed E-state index contributed by atoms with van der Waals surface area (Å²) in [6.07, 6.45) is 5.09. The van der Waals surface area contributed by atoms with E-state index in [0.717, 1.165) is 12.8 Å². The average molecular weight is 254 g/mol. The van der Waals surface area contributed by atoms with E-state index in [1.165, 1.54) is 21.4 Å². The Morgan fingerprint density at radius 3 is 2.88 bits per heavy atom. The first-order valence-electron chi connectivity index (χ1n) is 5.46. The first kappa shape index (κ1) is 12.1. The molecule has 1 unspecified atom stereocenters. The zero-order chi connectivity index (χ0) is 12.5. The van der Waals surface area contributed by atoms with Gasteiger partial charge in [0, 0.05) is 19.8 Å². The summed E-state index contributed by atoms with van der Waals surface area (Å²) in [7, 11) is -1.91. The fourth-order valence-electron chi connectivity index (χ4n) is 1.99. The lowest BCUT2D eigenvalue weighted by molar-refractivity contribution is 0.297. The predicted molar refractivity (Wildman–Crippen MR) is 60.4 cm³/mol. The maximum atomic E-state index is 12.3. The molecule has 0 spiro atoms. The second-order valence-electron chi connectivity index (χ2n) is 4.11. The van der Waals surface area contributed by atoms with Crippen molar-refractivity contribution in [3.05, 3.63) is 12.4 Å². The molecule has 0 bridgehead atoms. The highest BCUT2D eigenvalue weighted by Crippen LogP contribution is 2.24. The van der Waals surface area contributed by atoms with Crippen molar-refractivity contribution in [2.45, 2.75) is 30.2 Å². The molecule has 1 aliphatic rings. The van der Waals surface area contributed by atoms with E-state index in [-0.39, 0.29) is 4.90 Å². The van der Waals surface area contributed by atoms with E-state index in [0.29, 0.717) is 13.0 Å². The van der Waals surface area contributed by atoms with Gasteiger partial charge in [-0.2, -0.15) is 14.7 Å². The number of nitriles is 1. The number of piperidine rings is 1. The van der Waals surface area contributed by atoms with Gasteiger partial charge in [-0.25, -0.2) is 8.42 Å². The zero-order valence-electron chi connectivity index (χ0n) is 9.57. The molecule has 0 aromatic carbocycles. The van der Waals surface area contributed by atoms with Crippen LogP contribution in [-0.2, 0) is 17.1 Å². The number of aromatic nitrogens is 2. The van der Waals surface area contributed by atoms with Gasteiger partial charge in [0.15, 0.2) is 0 Å². The third-order valence-corrected chi connectivity index (χ3v) is 4.75. The molecule has 2 rings (SSSR count). The Balaban J connectivity index is 2.35. The molecule has 6 nitrogen and oxygen atoms in total. The van der Waals surface area contributed by atoms with Crippen molar-refractivity contribution < 1.29 is 8.42 Å². The van der Waals surface area contributed by atoms with Gasteiger partial charge in [0.25, 0.3) is 0 Å². The van der Waals surface area contributed by atoms with E-state index >= 15 is 0 Å². The molecule has 1 aromatic rings. The Morgan fingerprint density at radius 2 is 2.29 bits per heavy atom. The van der Waals surface area contributed by atoms with Gasteiger partial charge in [-0.15, -0.1) is 0 Å². The number of hydrogen-bond acceptors (Lipinski definition) is 4. The zero-order valence-corrected chi connectivity index (χ0v) is 10.4. The fraction of sp³-hybridized carbons (Fsp3) is 0.600. The summed E-state index contributed by atoms with van der Waals surface area (Å²) in [6, 6.07) is 1.51. The van der Waals surface area contributed by atoms with Gasteiger partial charge in [-0.3, -0.25) is 4.68 Å². The van der Waals surface area contributed by atoms with Gasteiger partial charge >= 0.3 is 0 Å². The first-order chi connectivity index (χ1) is 8.05. The first-order valence-corrected chi connectivity index (χ1v) is 6.90. The smallest absolute Gasteiger partial charge is 0.247 e. The van der Waals surface area contributed by atoms with E-state index in [9.17, 15) is 8.42 Å². The van der Waals surface area contributed by atoms with E-state index in [2.05, 4.69) is 11.2 Å². The van der Waals surface area contributed by atoms with Crippen molar-refractivity contribution in [3.8, 4) is 6.07 Å². The topological polar surface area (TPSA) is 79.0 Å². The summed E-state index contributed by atoms with van der Waals surface area (Å²) >= 11 is 0. The molecular weight excluding hydrogens is 240 g/mol. The molecule has 0 aliphatic carbocycles. The van der Waals surface area contributed by atoms with E-state index in [1.54, 1.807) is 7.05 Å². The minimum Gasteiger partial charge on any atom is -0.274 e. The van der Waals surface area contributed by atoms with Crippen LogP contribution in [0.5, 0.6) is 0 Å². The molecule has 0 amide bonds. The van der Waals surface area contributed by atoms with E-state index in [4.69, 9.17) is 5.26 Å². The summed E-state index contributed by atoms with van der Waals surface area (Å²) in [4.78, 5) is 0.155. The minimum absolute atomic E-state index is 0.155. The van der Waals surface area contributed by atoms with Crippen LogP contribution in [0, 0.1) is 11.3 Å². The molecule has 1 aliphatic heterocycles. The number of hydrogen-bond donors (Lipinski definition) is 0. The van der Waals surface area contributed by atoms with Crippen molar-refractivity contribution in [1.82, 2.24) is 14.1 Å². The summed E-state index contributed by atoms with van der Waals surface area (Å²) < 4.78 is 27.3. The third-order valence-electron chi connectivity index (χ3n) is 2.89. The molecule has 0 N–H and O–H groups in total. The summed E-state index contributed by atoms with van der Waals surface area (Å²) in [5.41, 5.74) is 0. The van der Waals surface area contributed by atoms with Crippen LogP contribution < -0.4 is 0 Å². The maximum absolute atomic E-state index is 12.3. The van der Waals surface area contributed by atoms with Crippen LogP contribution in [0.1, 0.15) is 19.3 Å². The van der Waals surface area contributed by atoms with Gasteiger partial charge in [-0.05, 0) is 19.3 Å². The lowest BCUT2D eigenvalue weighted by Crippen LogP contribution is -2.42. The van der Waals surface area contributed by atoms with Gasteiger partial charge in [0.2, 0.25) is 10.0 Å². The molecule has 1 saturated heterocycles. The summed E-state index contributed by atoms with van der Waals surface area (Å²) in [5, 5.41) is 12.9. The van der Waals surface area contributed by atoms with E-state index < -0.39 is 16.1 Å². The third kappa shape index (κ3) is 2.18. The largest absolute Gasteiger partial charge is 0.274 e. The van der Waals surface area contributed by atoms with Crippen LogP contribution in [0.15, 0.2) is 17.3 Å². The molecule has 7 heteroatoms. The van der Waals surface area contributed by atoms with Crippen LogP contribution in [0.25, 0.3) is 0 Å². The lowest BCUT2D eigenvalue weighted by atomic mass is 10.1. The molecule has 0 radical (unpaired) electrons. The van der Waals surface area contributed by atoms with Gasteiger partial charge in [0.1, 0.15) is 10.9 Å². The maximum Gasteiger partial charge on any atom is 0.247 e. The Kier molecular flexibility index (Phi) is 3.17. The number of aryl methyl sites for hydroxylation is 1. The minimum atomic E-state index is -3.57. The number of nitrogens with zero attached hydrogens (tertiary/aromatic N) is 4. The van der Waals surface area contributed by atoms with Crippen LogP contribution in [0.3, 0.4) is 0 Å². The molecule has 92 valence electrons. The fourth-order valence-corrected chi connectivity index (χ4v) is 3.58. The molecule has 0 saturated carbocycles. The number of sulfonamides is 1. The average Bonchev–Trinajstić information content (AvgIpc) is 2.76. The van der Waals surface area contributed by atoms with Crippen LogP contribution in [0.4, 0.5) is 0 Å². The van der Waals surface area contributed by atoms with Crippen molar-refractivity contribution in [2.75, 3.05) is 6.54 Å². The Labute approximate surface area is 101 Å². The standard InChI is InChI=1S/C10H14N4O2S/c1-13-8-10(7-12-13)17(15,16)14-5-3-2-4-9(14)6-11/h7-9H,2-5H2,1H3. The molecule has 1 fully saturated rings. The molecule has 1 atom stereocenters. The van der Waals surface area contributed by atoms with Crippen LogP contribution in [0.2, 0.25) is 0 Å². The van der Waals surface area contributed by atoms with Crippen molar-refractivity contribution >= 4 is 10.0 Å². The van der Waals surface area contributed by atoms with Crippen LogP contribution >= 0.6 is 0 Å². The second kappa shape index (κ2) is 4.47. The van der Waals surface area contributed by atoms with Gasteiger partial charge in [0.05, 0.1) is 12.3 Å². The van der Waals surface area contributed by atoms with Gasteiger partial charge in [-0.1, -0.05) is 0 Å². The Hall–Kier alpha value is -1.39. The highest BCUT2D eigenvalue weighted by atomic mass is 32.2. The quantitative estimate of drug-likeness (QED) is 0.769. The summed E-state index contributed by atoms with van der Waals surface area (Å²) in [6.45, 7) is 0.412. The molecular formula is C10H14N4O2S. The molecule has 2 heterocycles. The van der Waals surface area contributed by atoms with Crippen molar-refractivity contribution in [1.29, 1.82) is 5.26 Å². The predicted octanol–water partition coefficient (Wildman–Crippen LogP) is 0.487. The second-order valence-corrected chi connectivity index (χ2v) is 6.00. The lowest BCUT2D eigenvalue weighted by Gasteiger charge is -2.29. The summed E-state index contributed by atoms with van der Waals surface area (Å²) in [5.74, 6) is 0. The Morgan fingerprint density at radius 1 is 1.53 bits per heavy atom. The van der Waals surface area contributed by atoms with Crippen molar-refractivity contribution in [2.24, 2.45) is 7.05 Å². The van der Waals surface area contributed by atoms with E-state index in [1.807, 2.05) is 0 Å². The van der Waals surface area contributed by atoms with Gasteiger partial charge < -0.3 is 0 Å². The highest BCUT2D eigenvalue weighted by molar-refractivity contribution is 7.89. The number of rotatable bonds is 2. The molecule has 1 aromatic heterocycles. The monoisotopic (exact) mass is 254 g/mol. The van der Waals surface area contributed by atoms with Crippen molar-refractivity contribution in [3.63, 3.8) is 0 Å². The molecule has 17 heavy (non-hydrogen) atoms.